The van der Waals surface area contributed by atoms with Gasteiger partial charge in [0.2, 0.25) is 0 Å². The lowest BCUT2D eigenvalue weighted by Gasteiger charge is -2.07. The van der Waals surface area contributed by atoms with E-state index in [9.17, 15) is 8.78 Å². The van der Waals surface area contributed by atoms with Crippen LogP contribution < -0.4 is 4.74 Å². The smallest absolute Gasteiger partial charge is 0.257 e. The number of allylic oxidation sites excluding steroid dienone is 2. The molecule has 0 N–H and O–H groups in total. The van der Waals surface area contributed by atoms with Gasteiger partial charge >= 0.3 is 0 Å². The fourth-order valence-corrected chi connectivity index (χ4v) is 1.94. The molecule has 0 saturated carbocycles. The van der Waals surface area contributed by atoms with E-state index in [0.717, 1.165) is 29.4 Å². The van der Waals surface area contributed by atoms with Crippen LogP contribution >= 0.6 is 0 Å². The van der Waals surface area contributed by atoms with E-state index >= 15 is 0 Å². The molecule has 0 aliphatic rings. The lowest BCUT2D eigenvalue weighted by atomic mass is 10.1. The summed E-state index contributed by atoms with van der Waals surface area (Å²) in [5, 5.41) is 0. The molecule has 110 valence electrons. The van der Waals surface area contributed by atoms with E-state index in [-0.39, 0.29) is 0 Å². The molecular weight excluding hydrogens is 270 g/mol. The molecule has 0 radical (unpaired) electrons. The van der Waals surface area contributed by atoms with Crippen LogP contribution in [0.1, 0.15) is 17.5 Å². The highest BCUT2D eigenvalue weighted by Gasteiger charge is 1.97. The van der Waals surface area contributed by atoms with Gasteiger partial charge in [-0.05, 0) is 42.2 Å². The molecule has 0 unspecified atom stereocenters. The van der Waals surface area contributed by atoms with E-state index in [2.05, 4.69) is 0 Å². The normalized spacial score (nSPS) is 11.2. The standard InChI is InChI=1S/C18H18F2O/c19-18(20)9-5-4-6-15-10-12-17(13-11-15)21-14-16-7-2-1-3-8-16/h1-3,5,7-13,18H,4,6,14H2. The number of benzene rings is 2. The van der Waals surface area contributed by atoms with Gasteiger partial charge in [-0.1, -0.05) is 48.5 Å². The van der Waals surface area contributed by atoms with Gasteiger partial charge in [-0.25, -0.2) is 8.78 Å². The maximum Gasteiger partial charge on any atom is 0.257 e. The average molecular weight is 288 g/mol. The fraction of sp³-hybridized carbons (Fsp3) is 0.222. The Morgan fingerprint density at radius 3 is 2.29 bits per heavy atom. The Morgan fingerprint density at radius 2 is 1.62 bits per heavy atom. The van der Waals surface area contributed by atoms with Crippen molar-refractivity contribution in [1.82, 2.24) is 0 Å². The average Bonchev–Trinajstić information content (AvgIpc) is 2.51. The summed E-state index contributed by atoms with van der Waals surface area (Å²) in [4.78, 5) is 0. The minimum absolute atomic E-state index is 0.539. The predicted octanol–water partition coefficient (Wildman–Crippen LogP) is 5.02. The van der Waals surface area contributed by atoms with Gasteiger partial charge in [-0.3, -0.25) is 0 Å². The molecule has 1 nitrogen and oxygen atoms in total. The molecule has 0 aliphatic heterocycles. The summed E-state index contributed by atoms with van der Waals surface area (Å²) in [6.45, 7) is 0.539. The van der Waals surface area contributed by atoms with E-state index in [1.165, 1.54) is 6.08 Å². The molecule has 0 atom stereocenters. The van der Waals surface area contributed by atoms with Crippen molar-refractivity contribution in [3.8, 4) is 5.75 Å². The number of alkyl halides is 2. The lowest BCUT2D eigenvalue weighted by molar-refractivity contribution is 0.204. The van der Waals surface area contributed by atoms with Crippen LogP contribution in [0.5, 0.6) is 5.75 Å². The van der Waals surface area contributed by atoms with Gasteiger partial charge in [-0.15, -0.1) is 0 Å². The van der Waals surface area contributed by atoms with Gasteiger partial charge in [0.05, 0.1) is 0 Å². The summed E-state index contributed by atoms with van der Waals surface area (Å²) in [7, 11) is 0. The monoisotopic (exact) mass is 288 g/mol. The van der Waals surface area contributed by atoms with Crippen LogP contribution in [0.2, 0.25) is 0 Å². The zero-order chi connectivity index (χ0) is 14.9. The third kappa shape index (κ3) is 5.78. The first-order chi connectivity index (χ1) is 10.2. The van der Waals surface area contributed by atoms with Crippen LogP contribution in [0.15, 0.2) is 66.7 Å². The van der Waals surface area contributed by atoms with Gasteiger partial charge in [0.15, 0.2) is 0 Å². The van der Waals surface area contributed by atoms with Crippen LogP contribution in [0.4, 0.5) is 8.78 Å². The second kappa shape index (κ2) is 8.20. The molecule has 0 spiro atoms. The number of rotatable bonds is 7. The number of ether oxygens (including phenoxy) is 1. The summed E-state index contributed by atoms with van der Waals surface area (Å²) < 4.78 is 29.6. The molecule has 2 aromatic carbocycles. The van der Waals surface area contributed by atoms with Crippen molar-refractivity contribution in [3.63, 3.8) is 0 Å². The van der Waals surface area contributed by atoms with E-state index in [1.54, 1.807) is 0 Å². The van der Waals surface area contributed by atoms with E-state index in [1.807, 2.05) is 54.6 Å². The summed E-state index contributed by atoms with van der Waals surface area (Å²) in [5.74, 6) is 0.811. The Kier molecular flexibility index (Phi) is 5.95. The minimum atomic E-state index is -2.36. The van der Waals surface area contributed by atoms with E-state index in [4.69, 9.17) is 4.74 Å². The third-order valence-electron chi connectivity index (χ3n) is 3.05. The van der Waals surface area contributed by atoms with Crippen LogP contribution in [-0.2, 0) is 13.0 Å². The van der Waals surface area contributed by atoms with Crippen LogP contribution in [-0.4, -0.2) is 6.43 Å². The Balaban J connectivity index is 1.79. The summed E-state index contributed by atoms with van der Waals surface area (Å²) in [6.07, 6.45) is 1.46. The second-order valence-electron chi connectivity index (χ2n) is 4.72. The largest absolute Gasteiger partial charge is 0.489 e. The minimum Gasteiger partial charge on any atom is -0.489 e. The van der Waals surface area contributed by atoms with Crippen molar-refractivity contribution in [3.05, 3.63) is 77.9 Å². The molecule has 0 amide bonds. The van der Waals surface area contributed by atoms with Gasteiger partial charge in [0.25, 0.3) is 6.43 Å². The van der Waals surface area contributed by atoms with Gasteiger partial charge in [0, 0.05) is 0 Å². The summed E-state index contributed by atoms with van der Waals surface area (Å²) >= 11 is 0. The number of hydrogen-bond acceptors (Lipinski definition) is 1. The molecule has 0 heterocycles. The summed E-state index contributed by atoms with van der Waals surface area (Å²) in [6, 6.07) is 17.7. The Labute approximate surface area is 123 Å². The van der Waals surface area contributed by atoms with Crippen LogP contribution in [0, 0.1) is 0 Å². The van der Waals surface area contributed by atoms with E-state index in [0.29, 0.717) is 13.0 Å². The van der Waals surface area contributed by atoms with Crippen molar-refractivity contribution >= 4 is 0 Å². The quantitative estimate of drug-likeness (QED) is 0.650. The SMILES string of the molecule is FC(F)C=CCCc1ccc(OCc2ccccc2)cc1. The second-order valence-corrected chi connectivity index (χ2v) is 4.72. The number of hydrogen-bond donors (Lipinski definition) is 0. The summed E-state index contributed by atoms with van der Waals surface area (Å²) in [5.41, 5.74) is 2.24. The molecule has 21 heavy (non-hydrogen) atoms. The molecule has 0 fully saturated rings. The molecule has 2 rings (SSSR count). The zero-order valence-electron chi connectivity index (χ0n) is 11.7. The molecule has 0 aliphatic carbocycles. The van der Waals surface area contributed by atoms with Crippen molar-refractivity contribution < 1.29 is 13.5 Å². The Morgan fingerprint density at radius 1 is 0.905 bits per heavy atom. The number of halogens is 2. The van der Waals surface area contributed by atoms with Gasteiger partial charge in [-0.2, -0.15) is 0 Å². The highest BCUT2D eigenvalue weighted by atomic mass is 19.3. The fourth-order valence-electron chi connectivity index (χ4n) is 1.94. The van der Waals surface area contributed by atoms with Crippen LogP contribution in [0.3, 0.4) is 0 Å². The first-order valence-corrected chi connectivity index (χ1v) is 6.94. The maximum atomic E-state index is 11.9. The molecule has 0 bridgehead atoms. The van der Waals surface area contributed by atoms with Crippen molar-refractivity contribution in [2.24, 2.45) is 0 Å². The maximum absolute atomic E-state index is 11.9. The third-order valence-corrected chi connectivity index (χ3v) is 3.05. The molecule has 0 aromatic heterocycles. The Bertz CT molecular complexity index is 547. The number of aryl methyl sites for hydroxylation is 1. The lowest BCUT2D eigenvalue weighted by Crippen LogP contribution is -1.95. The van der Waals surface area contributed by atoms with Crippen LogP contribution in [0.25, 0.3) is 0 Å². The molecule has 3 heteroatoms. The van der Waals surface area contributed by atoms with Gasteiger partial charge < -0.3 is 4.74 Å². The van der Waals surface area contributed by atoms with Crippen molar-refractivity contribution in [2.75, 3.05) is 0 Å². The highest BCUT2D eigenvalue weighted by molar-refractivity contribution is 5.28. The molecule has 0 saturated heterocycles. The first-order valence-electron chi connectivity index (χ1n) is 6.94. The van der Waals surface area contributed by atoms with Gasteiger partial charge in [0.1, 0.15) is 12.4 Å². The predicted molar refractivity (Wildman–Crippen MR) is 80.7 cm³/mol. The highest BCUT2D eigenvalue weighted by Crippen LogP contribution is 2.15. The topological polar surface area (TPSA) is 9.23 Å². The Hall–Kier alpha value is -2.16. The van der Waals surface area contributed by atoms with E-state index < -0.39 is 6.43 Å². The first kappa shape index (κ1) is 15.2. The van der Waals surface area contributed by atoms with Crippen molar-refractivity contribution in [2.45, 2.75) is 25.9 Å². The molecular formula is C18H18F2O. The molecule has 2 aromatic rings. The zero-order valence-corrected chi connectivity index (χ0v) is 11.7. The van der Waals surface area contributed by atoms with Crippen molar-refractivity contribution in [1.29, 1.82) is 0 Å².